The first kappa shape index (κ1) is 10.2. The quantitative estimate of drug-likeness (QED) is 0.806. The largest absolute Gasteiger partial charge is 0.222 e. The molecule has 2 aromatic rings. The smallest absolute Gasteiger partial charge is 0.144 e. The van der Waals surface area contributed by atoms with Crippen molar-refractivity contribution in [3.63, 3.8) is 0 Å². The van der Waals surface area contributed by atoms with Gasteiger partial charge >= 0.3 is 0 Å². The minimum Gasteiger partial charge on any atom is -0.222 e. The Balaban J connectivity index is 2.64. The highest BCUT2D eigenvalue weighted by atomic mass is 79.9. The van der Waals surface area contributed by atoms with Crippen LogP contribution < -0.4 is 0 Å². The van der Waals surface area contributed by atoms with Crippen LogP contribution in [0.1, 0.15) is 5.69 Å². The Morgan fingerprint density at radius 2 is 2.20 bits per heavy atom. The third-order valence-corrected chi connectivity index (χ3v) is 2.71. The van der Waals surface area contributed by atoms with Crippen molar-refractivity contribution in [2.45, 2.75) is 0 Å². The van der Waals surface area contributed by atoms with Crippen molar-refractivity contribution in [2.24, 2.45) is 0 Å². The van der Waals surface area contributed by atoms with E-state index in [1.165, 1.54) is 4.68 Å². The number of hydrogen-bond acceptors (Lipinski definition) is 2. The lowest BCUT2D eigenvalue weighted by Gasteiger charge is -2.05. The van der Waals surface area contributed by atoms with Crippen molar-refractivity contribution in [2.75, 3.05) is 0 Å². The molecule has 0 aliphatic carbocycles. The van der Waals surface area contributed by atoms with Crippen molar-refractivity contribution in [1.29, 1.82) is 5.26 Å². The van der Waals surface area contributed by atoms with Gasteiger partial charge in [0.1, 0.15) is 11.8 Å². The molecular weight excluding hydrogens is 277 g/mol. The average Bonchev–Trinajstić information content (AvgIpc) is 2.69. The summed E-state index contributed by atoms with van der Waals surface area (Å²) in [6.45, 7) is 0. The molecule has 0 spiro atoms. The molecule has 0 aliphatic heterocycles. The van der Waals surface area contributed by atoms with Crippen LogP contribution in [0.5, 0.6) is 0 Å². The topological polar surface area (TPSA) is 41.6 Å². The summed E-state index contributed by atoms with van der Waals surface area (Å²) in [4.78, 5) is 0. The van der Waals surface area contributed by atoms with E-state index in [0.717, 1.165) is 4.47 Å². The highest BCUT2D eigenvalue weighted by molar-refractivity contribution is 9.10. The number of hydrogen-bond donors (Lipinski definition) is 0. The molecule has 3 nitrogen and oxygen atoms in total. The van der Waals surface area contributed by atoms with Crippen molar-refractivity contribution < 1.29 is 0 Å². The number of aromatic nitrogens is 2. The second-order valence-corrected chi connectivity index (χ2v) is 4.16. The molecule has 74 valence electrons. The lowest BCUT2D eigenvalue weighted by molar-refractivity contribution is 0.866. The van der Waals surface area contributed by atoms with Crippen LogP contribution in [0.2, 0.25) is 5.02 Å². The first-order valence-corrected chi connectivity index (χ1v) is 5.29. The molecule has 0 fully saturated rings. The Bertz CT molecular complexity index is 542. The molecule has 15 heavy (non-hydrogen) atoms. The monoisotopic (exact) mass is 281 g/mol. The van der Waals surface area contributed by atoms with Crippen LogP contribution in [0.15, 0.2) is 34.9 Å². The molecule has 0 saturated carbocycles. The summed E-state index contributed by atoms with van der Waals surface area (Å²) in [5.41, 5.74) is 1.14. The molecule has 0 amide bonds. The standard InChI is InChI=1S/C10H5BrClN3/c11-7-1-2-9(12)10(5-7)15-8(6-13)3-4-14-15/h1-5H. The minimum atomic E-state index is 0.454. The second kappa shape index (κ2) is 4.05. The van der Waals surface area contributed by atoms with E-state index in [1.54, 1.807) is 18.3 Å². The molecule has 0 bridgehead atoms. The Kier molecular flexibility index (Phi) is 2.76. The predicted molar refractivity (Wildman–Crippen MR) is 61.0 cm³/mol. The lowest BCUT2D eigenvalue weighted by atomic mass is 10.3. The summed E-state index contributed by atoms with van der Waals surface area (Å²) in [7, 11) is 0. The molecular formula is C10H5BrClN3. The van der Waals surface area contributed by atoms with E-state index in [0.29, 0.717) is 16.4 Å². The van der Waals surface area contributed by atoms with Gasteiger partial charge in [-0.2, -0.15) is 10.4 Å². The van der Waals surface area contributed by atoms with Crippen LogP contribution in [0.3, 0.4) is 0 Å². The van der Waals surface area contributed by atoms with Crippen molar-refractivity contribution >= 4 is 27.5 Å². The van der Waals surface area contributed by atoms with Gasteiger partial charge in [0.2, 0.25) is 0 Å². The van der Waals surface area contributed by atoms with Crippen LogP contribution in [0.25, 0.3) is 5.69 Å². The molecule has 0 N–H and O–H groups in total. The van der Waals surface area contributed by atoms with Crippen molar-refractivity contribution in [1.82, 2.24) is 9.78 Å². The van der Waals surface area contributed by atoms with Gasteiger partial charge in [0.15, 0.2) is 0 Å². The number of benzene rings is 1. The fraction of sp³-hybridized carbons (Fsp3) is 0. The molecule has 0 unspecified atom stereocenters. The fourth-order valence-corrected chi connectivity index (χ4v) is 1.77. The second-order valence-electron chi connectivity index (χ2n) is 2.84. The van der Waals surface area contributed by atoms with Gasteiger partial charge in [-0.25, -0.2) is 4.68 Å². The summed E-state index contributed by atoms with van der Waals surface area (Å²) in [5.74, 6) is 0. The summed E-state index contributed by atoms with van der Waals surface area (Å²) < 4.78 is 2.40. The molecule has 5 heteroatoms. The maximum absolute atomic E-state index is 8.86. The Morgan fingerprint density at radius 1 is 1.40 bits per heavy atom. The van der Waals surface area contributed by atoms with Gasteiger partial charge in [-0.3, -0.25) is 0 Å². The predicted octanol–water partition coefficient (Wildman–Crippen LogP) is 3.16. The first-order valence-electron chi connectivity index (χ1n) is 4.12. The van der Waals surface area contributed by atoms with E-state index in [1.807, 2.05) is 18.2 Å². The van der Waals surface area contributed by atoms with Crippen LogP contribution in [0.4, 0.5) is 0 Å². The fourth-order valence-electron chi connectivity index (χ4n) is 1.23. The van der Waals surface area contributed by atoms with Crippen LogP contribution in [-0.4, -0.2) is 9.78 Å². The SMILES string of the molecule is N#Cc1ccnn1-c1cc(Br)ccc1Cl. The molecule has 1 aromatic heterocycles. The van der Waals surface area contributed by atoms with Crippen molar-refractivity contribution in [3.05, 3.63) is 45.7 Å². The normalized spacial score (nSPS) is 9.93. The van der Waals surface area contributed by atoms with Crippen LogP contribution in [-0.2, 0) is 0 Å². The number of nitriles is 1. The number of nitrogens with zero attached hydrogens (tertiary/aromatic N) is 3. The zero-order valence-corrected chi connectivity index (χ0v) is 9.83. The van der Waals surface area contributed by atoms with Gasteiger partial charge in [-0.1, -0.05) is 27.5 Å². The maximum atomic E-state index is 8.86. The van der Waals surface area contributed by atoms with E-state index in [-0.39, 0.29) is 0 Å². The number of halogens is 2. The van der Waals surface area contributed by atoms with Gasteiger partial charge < -0.3 is 0 Å². The van der Waals surface area contributed by atoms with E-state index < -0.39 is 0 Å². The van der Waals surface area contributed by atoms with E-state index in [9.17, 15) is 0 Å². The third-order valence-electron chi connectivity index (χ3n) is 1.89. The van der Waals surface area contributed by atoms with Gasteiger partial charge in [-0.15, -0.1) is 0 Å². The highest BCUT2D eigenvalue weighted by Gasteiger charge is 2.08. The van der Waals surface area contributed by atoms with E-state index in [4.69, 9.17) is 16.9 Å². The summed E-state index contributed by atoms with van der Waals surface area (Å²) in [6.07, 6.45) is 1.57. The molecule has 1 heterocycles. The minimum absolute atomic E-state index is 0.454. The summed E-state index contributed by atoms with van der Waals surface area (Å²) in [5, 5.41) is 13.5. The number of rotatable bonds is 1. The molecule has 0 aliphatic rings. The average molecular weight is 283 g/mol. The van der Waals surface area contributed by atoms with E-state index >= 15 is 0 Å². The first-order chi connectivity index (χ1) is 7.22. The molecule has 0 saturated heterocycles. The van der Waals surface area contributed by atoms with Gasteiger partial charge in [-0.05, 0) is 24.3 Å². The Hall–Kier alpha value is -1.31. The molecule has 0 atom stereocenters. The zero-order chi connectivity index (χ0) is 10.8. The molecule has 1 aromatic carbocycles. The third kappa shape index (κ3) is 1.89. The van der Waals surface area contributed by atoms with Gasteiger partial charge in [0, 0.05) is 4.47 Å². The van der Waals surface area contributed by atoms with Gasteiger partial charge in [0.25, 0.3) is 0 Å². The Labute approximate surface area is 100 Å². The summed E-state index contributed by atoms with van der Waals surface area (Å²) >= 11 is 9.37. The molecule has 0 radical (unpaired) electrons. The lowest BCUT2D eigenvalue weighted by Crippen LogP contribution is -1.99. The molecule has 2 rings (SSSR count). The van der Waals surface area contributed by atoms with Crippen molar-refractivity contribution in [3.8, 4) is 11.8 Å². The van der Waals surface area contributed by atoms with Gasteiger partial charge in [0.05, 0.1) is 16.9 Å². The highest BCUT2D eigenvalue weighted by Crippen LogP contribution is 2.24. The summed E-state index contributed by atoms with van der Waals surface area (Å²) in [6, 6.07) is 9.09. The van der Waals surface area contributed by atoms with Crippen LogP contribution in [0, 0.1) is 11.3 Å². The maximum Gasteiger partial charge on any atom is 0.144 e. The Morgan fingerprint density at radius 3 is 2.93 bits per heavy atom. The van der Waals surface area contributed by atoms with Crippen LogP contribution >= 0.6 is 27.5 Å². The van der Waals surface area contributed by atoms with E-state index in [2.05, 4.69) is 21.0 Å². The zero-order valence-electron chi connectivity index (χ0n) is 7.48.